The molecule has 0 unspecified atom stereocenters. The molecule has 0 saturated carbocycles. The molecule has 0 aliphatic carbocycles. The van der Waals surface area contributed by atoms with Gasteiger partial charge in [0.2, 0.25) is 0 Å². The van der Waals surface area contributed by atoms with Crippen LogP contribution in [0.1, 0.15) is 29.0 Å². The number of benzene rings is 2. The van der Waals surface area contributed by atoms with Crippen molar-refractivity contribution in [3.8, 4) is 0 Å². The number of anilines is 1. The second kappa shape index (κ2) is 7.40. The lowest BCUT2D eigenvalue weighted by Crippen LogP contribution is -2.20. The summed E-state index contributed by atoms with van der Waals surface area (Å²) in [6, 6.07) is 11.2. The number of rotatable bonds is 5. The Bertz CT molecular complexity index is 1040. The maximum atomic E-state index is 12.4. The van der Waals surface area contributed by atoms with E-state index in [2.05, 4.69) is 14.8 Å². The number of non-ortho nitro benzene ring substituents is 1. The molecule has 0 atom stereocenters. The highest BCUT2D eigenvalue weighted by molar-refractivity contribution is 6.05. The minimum atomic E-state index is -0.490. The minimum Gasteiger partial charge on any atom is -0.330 e. The summed E-state index contributed by atoms with van der Waals surface area (Å²) in [6.07, 6.45) is 2.48. The monoisotopic (exact) mass is 379 g/mol. The average molecular weight is 379 g/mol. The predicted octanol–water partition coefficient (Wildman–Crippen LogP) is 3.33. The van der Waals surface area contributed by atoms with Crippen molar-refractivity contribution in [1.82, 2.24) is 14.5 Å². The first-order valence-electron chi connectivity index (χ1n) is 9.25. The number of carbonyl (C=O) groups is 1. The molecule has 1 aliphatic rings. The number of fused-ring (bicyclic) bond motifs is 1. The van der Waals surface area contributed by atoms with Gasteiger partial charge < -0.3 is 9.88 Å². The number of hydrogen-bond donors (Lipinski definition) is 1. The third-order valence-electron chi connectivity index (χ3n) is 5.14. The van der Waals surface area contributed by atoms with E-state index >= 15 is 0 Å². The Labute approximate surface area is 161 Å². The van der Waals surface area contributed by atoms with Crippen molar-refractivity contribution in [3.63, 3.8) is 0 Å². The Kier molecular flexibility index (Phi) is 4.79. The molecule has 8 heteroatoms. The van der Waals surface area contributed by atoms with Gasteiger partial charge in [0, 0.05) is 30.4 Å². The van der Waals surface area contributed by atoms with Crippen LogP contribution in [-0.2, 0) is 13.6 Å². The number of aryl methyl sites for hydroxylation is 1. The van der Waals surface area contributed by atoms with E-state index in [9.17, 15) is 14.9 Å². The molecule has 4 rings (SSSR count). The molecule has 3 aromatic rings. The standard InChI is InChI=1S/C20H21N5O3/c1-23-18-9-6-15(12-17(18)22-19(23)13-24-10-2-3-11-24)21-20(26)14-4-7-16(8-5-14)25(27)28/h4-9,12H,2-3,10-11,13H2,1H3,(H,21,26). The van der Waals surface area contributed by atoms with Crippen LogP contribution in [0.2, 0.25) is 0 Å². The fourth-order valence-electron chi connectivity index (χ4n) is 3.55. The second-order valence-electron chi connectivity index (χ2n) is 7.03. The van der Waals surface area contributed by atoms with E-state index in [1.165, 1.54) is 37.1 Å². The molecule has 2 aromatic carbocycles. The first-order valence-corrected chi connectivity index (χ1v) is 9.25. The molecule has 1 aliphatic heterocycles. The molecule has 0 bridgehead atoms. The van der Waals surface area contributed by atoms with Gasteiger partial charge in [-0.1, -0.05) is 0 Å². The zero-order valence-electron chi connectivity index (χ0n) is 15.6. The van der Waals surface area contributed by atoms with Gasteiger partial charge in [-0.2, -0.15) is 0 Å². The fraction of sp³-hybridized carbons (Fsp3) is 0.300. The summed E-state index contributed by atoms with van der Waals surface area (Å²) >= 11 is 0. The smallest absolute Gasteiger partial charge is 0.269 e. The molecular formula is C20H21N5O3. The van der Waals surface area contributed by atoms with Crippen LogP contribution in [0.15, 0.2) is 42.5 Å². The molecule has 2 heterocycles. The van der Waals surface area contributed by atoms with Crippen molar-refractivity contribution in [2.75, 3.05) is 18.4 Å². The zero-order chi connectivity index (χ0) is 19.7. The highest BCUT2D eigenvalue weighted by atomic mass is 16.6. The van der Waals surface area contributed by atoms with Crippen molar-refractivity contribution in [3.05, 3.63) is 64.0 Å². The molecule has 1 aromatic heterocycles. The quantitative estimate of drug-likeness (QED) is 0.542. The van der Waals surface area contributed by atoms with Gasteiger partial charge in [-0.05, 0) is 56.3 Å². The van der Waals surface area contributed by atoms with E-state index in [-0.39, 0.29) is 11.6 Å². The van der Waals surface area contributed by atoms with Crippen molar-refractivity contribution >= 4 is 28.3 Å². The van der Waals surface area contributed by atoms with E-state index in [0.29, 0.717) is 11.3 Å². The number of imidazole rings is 1. The number of hydrogen-bond acceptors (Lipinski definition) is 5. The summed E-state index contributed by atoms with van der Waals surface area (Å²) in [5.74, 6) is 0.693. The lowest BCUT2D eigenvalue weighted by atomic mass is 10.2. The van der Waals surface area contributed by atoms with Gasteiger partial charge in [0.25, 0.3) is 11.6 Å². The average Bonchev–Trinajstić information content (AvgIpc) is 3.30. The van der Waals surface area contributed by atoms with Crippen LogP contribution in [0.5, 0.6) is 0 Å². The lowest BCUT2D eigenvalue weighted by Gasteiger charge is -2.13. The number of nitrogens with one attached hydrogen (secondary N) is 1. The highest BCUT2D eigenvalue weighted by Gasteiger charge is 2.16. The molecular weight excluding hydrogens is 358 g/mol. The van der Waals surface area contributed by atoms with Crippen molar-refractivity contribution in [1.29, 1.82) is 0 Å². The number of nitro groups is 1. The van der Waals surface area contributed by atoms with Gasteiger partial charge in [-0.3, -0.25) is 19.8 Å². The summed E-state index contributed by atoms with van der Waals surface area (Å²) in [5, 5.41) is 13.6. The van der Waals surface area contributed by atoms with Gasteiger partial charge in [-0.15, -0.1) is 0 Å². The summed E-state index contributed by atoms with van der Waals surface area (Å²) in [5.41, 5.74) is 2.81. The Balaban J connectivity index is 1.52. The fourth-order valence-corrected chi connectivity index (χ4v) is 3.55. The topological polar surface area (TPSA) is 93.3 Å². The Hall–Kier alpha value is -3.26. The molecule has 0 radical (unpaired) electrons. The highest BCUT2D eigenvalue weighted by Crippen LogP contribution is 2.22. The number of nitrogens with zero attached hydrogens (tertiary/aromatic N) is 4. The Morgan fingerprint density at radius 1 is 1.18 bits per heavy atom. The molecule has 1 amide bonds. The summed E-state index contributed by atoms with van der Waals surface area (Å²) in [6.45, 7) is 3.05. The van der Waals surface area contributed by atoms with Crippen LogP contribution in [0.4, 0.5) is 11.4 Å². The molecule has 1 fully saturated rings. The van der Waals surface area contributed by atoms with E-state index in [4.69, 9.17) is 4.98 Å². The molecule has 0 spiro atoms. The second-order valence-corrected chi connectivity index (χ2v) is 7.03. The minimum absolute atomic E-state index is 0.0445. The number of amides is 1. The maximum Gasteiger partial charge on any atom is 0.269 e. The van der Waals surface area contributed by atoms with E-state index in [0.717, 1.165) is 36.5 Å². The number of carbonyl (C=O) groups excluding carboxylic acids is 1. The van der Waals surface area contributed by atoms with Crippen molar-refractivity contribution in [2.24, 2.45) is 7.05 Å². The SMILES string of the molecule is Cn1c(CN2CCCC2)nc2cc(NC(=O)c3ccc([N+](=O)[O-])cc3)ccc21. The number of nitro benzene ring substituents is 1. The maximum absolute atomic E-state index is 12.4. The van der Waals surface area contributed by atoms with Crippen LogP contribution in [0.3, 0.4) is 0 Å². The largest absolute Gasteiger partial charge is 0.330 e. The molecule has 1 N–H and O–H groups in total. The van der Waals surface area contributed by atoms with E-state index in [1.807, 2.05) is 25.2 Å². The van der Waals surface area contributed by atoms with Crippen LogP contribution >= 0.6 is 0 Å². The molecule has 28 heavy (non-hydrogen) atoms. The van der Waals surface area contributed by atoms with Gasteiger partial charge in [0.05, 0.1) is 22.5 Å². The lowest BCUT2D eigenvalue weighted by molar-refractivity contribution is -0.384. The van der Waals surface area contributed by atoms with Gasteiger partial charge >= 0.3 is 0 Å². The third-order valence-corrected chi connectivity index (χ3v) is 5.14. The Morgan fingerprint density at radius 2 is 1.89 bits per heavy atom. The van der Waals surface area contributed by atoms with Crippen molar-refractivity contribution in [2.45, 2.75) is 19.4 Å². The van der Waals surface area contributed by atoms with Gasteiger partial charge in [0.15, 0.2) is 0 Å². The van der Waals surface area contributed by atoms with Crippen LogP contribution in [-0.4, -0.2) is 38.4 Å². The third kappa shape index (κ3) is 3.59. The first kappa shape index (κ1) is 18.1. The van der Waals surface area contributed by atoms with Crippen LogP contribution in [0.25, 0.3) is 11.0 Å². The number of aromatic nitrogens is 2. The summed E-state index contributed by atoms with van der Waals surface area (Å²) in [4.78, 5) is 29.8. The number of likely N-dealkylation sites (tertiary alicyclic amines) is 1. The summed E-state index contributed by atoms with van der Waals surface area (Å²) in [7, 11) is 2.01. The zero-order valence-corrected chi connectivity index (χ0v) is 15.6. The van der Waals surface area contributed by atoms with Crippen LogP contribution < -0.4 is 5.32 Å². The van der Waals surface area contributed by atoms with Crippen LogP contribution in [0, 0.1) is 10.1 Å². The molecule has 8 nitrogen and oxygen atoms in total. The molecule has 144 valence electrons. The van der Waals surface area contributed by atoms with E-state index < -0.39 is 4.92 Å². The molecule has 1 saturated heterocycles. The Morgan fingerprint density at radius 3 is 2.57 bits per heavy atom. The van der Waals surface area contributed by atoms with Gasteiger partial charge in [-0.25, -0.2) is 4.98 Å². The predicted molar refractivity (Wildman–Crippen MR) is 106 cm³/mol. The summed E-state index contributed by atoms with van der Waals surface area (Å²) < 4.78 is 2.09. The normalized spacial score (nSPS) is 14.5. The van der Waals surface area contributed by atoms with Gasteiger partial charge in [0.1, 0.15) is 5.82 Å². The van der Waals surface area contributed by atoms with E-state index in [1.54, 1.807) is 0 Å². The first-order chi connectivity index (χ1) is 13.5. The van der Waals surface area contributed by atoms with Crippen molar-refractivity contribution < 1.29 is 9.72 Å².